The summed E-state index contributed by atoms with van der Waals surface area (Å²) in [6.07, 6.45) is 8.05. The van der Waals surface area contributed by atoms with Crippen LogP contribution in [0.2, 0.25) is 0 Å². The van der Waals surface area contributed by atoms with E-state index in [1.54, 1.807) is 0 Å². The molecule has 1 aliphatic rings. The second kappa shape index (κ2) is 8.92. The summed E-state index contributed by atoms with van der Waals surface area (Å²) in [5.41, 5.74) is 1.43. The number of hydrogen-bond acceptors (Lipinski definition) is 2. The Kier molecular flexibility index (Phi) is 7.49. The predicted octanol–water partition coefficient (Wildman–Crippen LogP) is 2.75. The lowest BCUT2D eigenvalue weighted by Crippen LogP contribution is -2.38. The molecular weight excluding hydrogens is 236 g/mol. The maximum absolute atomic E-state index is 12.0. The largest absolute Gasteiger partial charge is 0.355 e. The number of amides is 1. The minimum Gasteiger partial charge on any atom is -0.355 e. The van der Waals surface area contributed by atoms with E-state index in [9.17, 15) is 4.79 Å². The van der Waals surface area contributed by atoms with Crippen molar-refractivity contribution in [1.82, 2.24) is 10.2 Å². The molecule has 1 N–H and O–H groups in total. The third-order valence-electron chi connectivity index (χ3n) is 3.90. The molecule has 0 heterocycles. The molecular formula is C16H28N2O. The summed E-state index contributed by atoms with van der Waals surface area (Å²) in [4.78, 5) is 14.4. The van der Waals surface area contributed by atoms with Crippen LogP contribution in [0.1, 0.15) is 39.5 Å². The summed E-state index contributed by atoms with van der Waals surface area (Å²) in [5, 5.41) is 3.07. The number of allylic oxidation sites excluding steroid dienone is 3. The second-order valence-corrected chi connectivity index (χ2v) is 5.14. The van der Waals surface area contributed by atoms with Gasteiger partial charge in [0.15, 0.2) is 0 Å². The summed E-state index contributed by atoms with van der Waals surface area (Å²) >= 11 is 0. The van der Waals surface area contributed by atoms with E-state index in [1.807, 2.05) is 6.08 Å². The molecule has 0 saturated heterocycles. The molecule has 0 aromatic heterocycles. The van der Waals surface area contributed by atoms with E-state index in [0.717, 1.165) is 51.9 Å². The molecule has 19 heavy (non-hydrogen) atoms. The quantitative estimate of drug-likeness (QED) is 0.684. The maximum atomic E-state index is 12.0. The van der Waals surface area contributed by atoms with Crippen LogP contribution in [0.4, 0.5) is 0 Å². The summed E-state index contributed by atoms with van der Waals surface area (Å²) in [5.74, 6) is 0.395. The molecule has 1 aliphatic carbocycles. The third-order valence-corrected chi connectivity index (χ3v) is 3.90. The Labute approximate surface area is 117 Å². The van der Waals surface area contributed by atoms with Gasteiger partial charge in [0, 0.05) is 19.0 Å². The Bertz CT molecular complexity index is 319. The SMILES string of the molecule is C=CCC1=CCC(C(=O)NCCN(CC)CC)CC1. The summed E-state index contributed by atoms with van der Waals surface area (Å²) < 4.78 is 0. The number of nitrogens with zero attached hydrogens (tertiary/aromatic N) is 1. The van der Waals surface area contributed by atoms with Gasteiger partial charge in [0.25, 0.3) is 0 Å². The number of carbonyl (C=O) groups is 1. The molecule has 0 bridgehead atoms. The normalized spacial score (nSPS) is 19.1. The molecule has 0 aliphatic heterocycles. The first-order chi connectivity index (χ1) is 9.21. The molecule has 0 aromatic rings. The summed E-state index contributed by atoms with van der Waals surface area (Å²) in [6, 6.07) is 0. The fraction of sp³-hybridized carbons (Fsp3) is 0.688. The predicted molar refractivity (Wildman–Crippen MR) is 81.0 cm³/mol. The smallest absolute Gasteiger partial charge is 0.223 e. The molecule has 0 aromatic carbocycles. The Morgan fingerprint density at radius 1 is 1.53 bits per heavy atom. The maximum Gasteiger partial charge on any atom is 0.223 e. The Morgan fingerprint density at radius 3 is 2.79 bits per heavy atom. The van der Waals surface area contributed by atoms with Crippen LogP contribution in [0.25, 0.3) is 0 Å². The van der Waals surface area contributed by atoms with E-state index in [0.29, 0.717) is 0 Å². The van der Waals surface area contributed by atoms with Crippen LogP contribution in [-0.2, 0) is 4.79 Å². The number of likely N-dealkylation sites (N-methyl/N-ethyl adjacent to an activating group) is 1. The average Bonchev–Trinajstić information content (AvgIpc) is 2.44. The van der Waals surface area contributed by atoms with E-state index < -0.39 is 0 Å². The van der Waals surface area contributed by atoms with Crippen LogP contribution in [0.3, 0.4) is 0 Å². The highest BCUT2D eigenvalue weighted by Gasteiger charge is 2.20. The first-order valence-corrected chi connectivity index (χ1v) is 7.50. The van der Waals surface area contributed by atoms with Gasteiger partial charge in [-0.05, 0) is 38.8 Å². The van der Waals surface area contributed by atoms with Crippen LogP contribution >= 0.6 is 0 Å². The van der Waals surface area contributed by atoms with Crippen LogP contribution in [0, 0.1) is 5.92 Å². The topological polar surface area (TPSA) is 32.3 Å². The van der Waals surface area contributed by atoms with Gasteiger partial charge in [-0.2, -0.15) is 0 Å². The fourth-order valence-electron chi connectivity index (χ4n) is 2.52. The third kappa shape index (κ3) is 5.60. The number of hydrogen-bond donors (Lipinski definition) is 1. The molecule has 0 spiro atoms. The van der Waals surface area contributed by atoms with E-state index >= 15 is 0 Å². The lowest BCUT2D eigenvalue weighted by Gasteiger charge is -2.22. The van der Waals surface area contributed by atoms with Crippen molar-refractivity contribution in [3.05, 3.63) is 24.3 Å². The molecule has 1 amide bonds. The highest BCUT2D eigenvalue weighted by molar-refractivity contribution is 5.79. The van der Waals surface area contributed by atoms with E-state index in [1.165, 1.54) is 5.57 Å². The highest BCUT2D eigenvalue weighted by atomic mass is 16.1. The lowest BCUT2D eigenvalue weighted by atomic mass is 9.88. The molecule has 1 atom stereocenters. The average molecular weight is 264 g/mol. The first-order valence-electron chi connectivity index (χ1n) is 7.50. The first kappa shape index (κ1) is 16.0. The highest BCUT2D eigenvalue weighted by Crippen LogP contribution is 2.25. The Hall–Kier alpha value is -1.09. The van der Waals surface area contributed by atoms with Crippen molar-refractivity contribution in [2.75, 3.05) is 26.2 Å². The van der Waals surface area contributed by atoms with Gasteiger partial charge >= 0.3 is 0 Å². The minimum atomic E-state index is 0.172. The Morgan fingerprint density at radius 2 is 2.26 bits per heavy atom. The standard InChI is InChI=1S/C16H28N2O/c1-4-7-14-8-10-15(11-9-14)16(19)17-12-13-18(5-2)6-3/h4,8,15H,1,5-7,9-13H2,2-3H3,(H,17,19). The number of rotatable bonds is 8. The summed E-state index contributed by atoms with van der Waals surface area (Å²) in [6.45, 7) is 11.9. The molecule has 108 valence electrons. The molecule has 0 fully saturated rings. The molecule has 0 saturated carbocycles. The van der Waals surface area contributed by atoms with Crippen molar-refractivity contribution in [2.24, 2.45) is 5.92 Å². The minimum absolute atomic E-state index is 0.172. The van der Waals surface area contributed by atoms with Gasteiger partial charge in [-0.15, -0.1) is 6.58 Å². The van der Waals surface area contributed by atoms with Crippen LogP contribution < -0.4 is 5.32 Å². The van der Waals surface area contributed by atoms with Crippen molar-refractivity contribution < 1.29 is 4.79 Å². The van der Waals surface area contributed by atoms with Gasteiger partial charge in [-0.1, -0.05) is 31.6 Å². The molecule has 1 rings (SSSR count). The Balaban J connectivity index is 2.26. The monoisotopic (exact) mass is 264 g/mol. The van der Waals surface area contributed by atoms with Crippen molar-refractivity contribution in [3.8, 4) is 0 Å². The van der Waals surface area contributed by atoms with Gasteiger partial charge in [0.05, 0.1) is 0 Å². The molecule has 0 radical (unpaired) electrons. The van der Waals surface area contributed by atoms with Gasteiger partial charge < -0.3 is 10.2 Å². The fourth-order valence-corrected chi connectivity index (χ4v) is 2.52. The summed E-state index contributed by atoms with van der Waals surface area (Å²) in [7, 11) is 0. The van der Waals surface area contributed by atoms with Crippen LogP contribution in [0.5, 0.6) is 0 Å². The van der Waals surface area contributed by atoms with Gasteiger partial charge in [-0.3, -0.25) is 4.79 Å². The molecule has 1 unspecified atom stereocenters. The van der Waals surface area contributed by atoms with Gasteiger partial charge in [-0.25, -0.2) is 0 Å². The van der Waals surface area contributed by atoms with Crippen molar-refractivity contribution >= 4 is 5.91 Å². The zero-order chi connectivity index (χ0) is 14.1. The molecule has 3 heteroatoms. The van der Waals surface area contributed by atoms with Gasteiger partial charge in [0.2, 0.25) is 5.91 Å². The van der Waals surface area contributed by atoms with Crippen molar-refractivity contribution in [1.29, 1.82) is 0 Å². The lowest BCUT2D eigenvalue weighted by molar-refractivity contribution is -0.125. The zero-order valence-corrected chi connectivity index (χ0v) is 12.5. The zero-order valence-electron chi connectivity index (χ0n) is 12.5. The van der Waals surface area contributed by atoms with E-state index in [-0.39, 0.29) is 11.8 Å². The van der Waals surface area contributed by atoms with Crippen LogP contribution in [0.15, 0.2) is 24.3 Å². The van der Waals surface area contributed by atoms with Gasteiger partial charge in [0.1, 0.15) is 0 Å². The van der Waals surface area contributed by atoms with Crippen molar-refractivity contribution in [3.63, 3.8) is 0 Å². The molecule has 3 nitrogen and oxygen atoms in total. The van der Waals surface area contributed by atoms with Crippen LogP contribution in [-0.4, -0.2) is 37.0 Å². The van der Waals surface area contributed by atoms with E-state index in [4.69, 9.17) is 0 Å². The number of nitrogens with one attached hydrogen (secondary N) is 1. The van der Waals surface area contributed by atoms with Crippen molar-refractivity contribution in [2.45, 2.75) is 39.5 Å². The second-order valence-electron chi connectivity index (χ2n) is 5.14. The van der Waals surface area contributed by atoms with E-state index in [2.05, 4.69) is 36.7 Å². The number of carbonyl (C=O) groups excluding carboxylic acids is 1.